The third-order valence-corrected chi connectivity index (χ3v) is 8.71. The van der Waals surface area contributed by atoms with Crippen molar-refractivity contribution in [2.45, 2.75) is 43.2 Å². The van der Waals surface area contributed by atoms with Crippen molar-refractivity contribution in [2.24, 2.45) is 4.99 Å². The number of rotatable bonds is 8. The molecule has 1 aliphatic heterocycles. The predicted octanol–water partition coefficient (Wildman–Crippen LogP) is 4.50. The zero-order valence-electron chi connectivity index (χ0n) is 22.7. The van der Waals surface area contributed by atoms with E-state index in [0.717, 1.165) is 0 Å². The van der Waals surface area contributed by atoms with E-state index in [9.17, 15) is 9.59 Å². The summed E-state index contributed by atoms with van der Waals surface area (Å²) in [5, 5.41) is 1.07. The van der Waals surface area contributed by atoms with E-state index in [1.54, 1.807) is 76.7 Å². The molecule has 0 saturated heterocycles. The zero-order valence-corrected chi connectivity index (χ0v) is 25.9. The van der Waals surface area contributed by atoms with Gasteiger partial charge in [-0.1, -0.05) is 11.3 Å². The molecule has 5 rings (SSSR count). The maximum absolute atomic E-state index is 14.0. The first-order valence-corrected chi connectivity index (χ1v) is 14.8. The number of fused-ring (bicyclic) bond motifs is 1. The number of methoxy groups -OCH3 is 2. The average Bonchev–Trinajstić information content (AvgIpc) is 3.44. The number of carbonyl (C=O) groups excluding carboxylic acids is 1. The molecule has 13 heteroatoms. The molecule has 0 fully saturated rings. The van der Waals surface area contributed by atoms with Crippen LogP contribution in [-0.4, -0.2) is 40.8 Å². The third-order valence-electron chi connectivity index (χ3n) is 5.99. The molecule has 10 nitrogen and oxygen atoms in total. The van der Waals surface area contributed by atoms with Gasteiger partial charge in [-0.3, -0.25) is 9.36 Å². The first-order chi connectivity index (χ1) is 19.7. The lowest BCUT2D eigenvalue weighted by atomic mass is 9.94. The van der Waals surface area contributed by atoms with Crippen LogP contribution in [0.3, 0.4) is 0 Å². The molecule has 1 aromatic carbocycles. The Morgan fingerprint density at radius 2 is 1.95 bits per heavy atom. The van der Waals surface area contributed by atoms with Gasteiger partial charge in [0, 0.05) is 24.0 Å². The van der Waals surface area contributed by atoms with Crippen LogP contribution in [-0.2, 0) is 9.53 Å². The van der Waals surface area contributed by atoms with Crippen LogP contribution >= 0.6 is 39.0 Å². The standard InChI is InChI=1S/C28H25BrN4O6S2/c1-14(2)38-25(35)22-15(3)32-28-33(23(22)18-11-16(36-4)7-8-20(18)37-5)24(34)21(40-28)13-17-12-19(29)26(39-17)41-27-30-9-6-10-31-27/h6-14,23H,1-5H3/b21-13-/t23-/m0/s1. The Hall–Kier alpha value is -3.68. The summed E-state index contributed by atoms with van der Waals surface area (Å²) in [5.41, 5.74) is 0.901. The van der Waals surface area contributed by atoms with E-state index < -0.39 is 12.0 Å². The fourth-order valence-corrected chi connectivity index (χ4v) is 6.53. The predicted molar refractivity (Wildman–Crippen MR) is 157 cm³/mol. The summed E-state index contributed by atoms with van der Waals surface area (Å²) in [7, 11) is 3.08. The van der Waals surface area contributed by atoms with Gasteiger partial charge in [0.1, 0.15) is 23.3 Å². The molecule has 1 aliphatic rings. The molecule has 0 N–H and O–H groups in total. The van der Waals surface area contributed by atoms with Crippen molar-refractivity contribution in [3.05, 3.63) is 89.5 Å². The van der Waals surface area contributed by atoms with Crippen molar-refractivity contribution in [2.75, 3.05) is 14.2 Å². The van der Waals surface area contributed by atoms with E-state index >= 15 is 0 Å². The molecule has 0 saturated carbocycles. The highest BCUT2D eigenvalue weighted by molar-refractivity contribution is 9.10. The highest BCUT2D eigenvalue weighted by Crippen LogP contribution is 2.38. The van der Waals surface area contributed by atoms with Crippen molar-refractivity contribution in [3.8, 4) is 11.5 Å². The first kappa shape index (κ1) is 28.8. The first-order valence-electron chi connectivity index (χ1n) is 12.4. The lowest BCUT2D eigenvalue weighted by Gasteiger charge is -2.26. The van der Waals surface area contributed by atoms with E-state index in [0.29, 0.717) is 52.6 Å². The maximum Gasteiger partial charge on any atom is 0.338 e. The Morgan fingerprint density at radius 3 is 2.63 bits per heavy atom. The van der Waals surface area contributed by atoms with Crippen molar-refractivity contribution in [1.82, 2.24) is 14.5 Å². The number of thiazole rings is 1. The minimum absolute atomic E-state index is 0.242. The fraction of sp³-hybridized carbons (Fsp3) is 0.250. The summed E-state index contributed by atoms with van der Waals surface area (Å²) in [6.45, 7) is 5.26. The van der Waals surface area contributed by atoms with Crippen molar-refractivity contribution >= 4 is 51.1 Å². The Bertz CT molecular complexity index is 1830. The molecule has 41 heavy (non-hydrogen) atoms. The van der Waals surface area contributed by atoms with Gasteiger partial charge in [-0.05, 0) is 78.8 Å². The fourth-order valence-electron chi connectivity index (χ4n) is 4.27. The quantitative estimate of drug-likeness (QED) is 0.199. The second-order valence-corrected chi connectivity index (χ2v) is 11.9. The van der Waals surface area contributed by atoms with E-state index in [4.69, 9.17) is 18.6 Å². The Labute approximate surface area is 251 Å². The molecule has 4 aromatic rings. The number of halogens is 1. The number of esters is 1. The normalized spacial score (nSPS) is 15.1. The minimum atomic E-state index is -0.866. The minimum Gasteiger partial charge on any atom is -0.497 e. The van der Waals surface area contributed by atoms with Gasteiger partial charge in [0.05, 0.1) is 40.6 Å². The number of benzene rings is 1. The van der Waals surface area contributed by atoms with E-state index in [1.807, 2.05) is 0 Å². The number of nitrogens with zero attached hydrogens (tertiary/aromatic N) is 4. The molecule has 1 atom stereocenters. The van der Waals surface area contributed by atoms with Crippen LogP contribution in [0.2, 0.25) is 0 Å². The SMILES string of the molecule is COc1ccc(OC)c([C@H]2C(C(=O)OC(C)C)=C(C)N=c3s/c(=C\c4cc(Br)c(Sc5ncccn5)o4)c(=O)n32)c1. The van der Waals surface area contributed by atoms with Crippen LogP contribution in [0.1, 0.15) is 38.1 Å². The number of hydrogen-bond donors (Lipinski definition) is 0. The Balaban J connectivity index is 1.66. The Morgan fingerprint density at radius 1 is 1.20 bits per heavy atom. The van der Waals surface area contributed by atoms with Crippen LogP contribution in [0.25, 0.3) is 6.08 Å². The summed E-state index contributed by atoms with van der Waals surface area (Å²) in [6.07, 6.45) is 4.57. The number of allylic oxidation sites excluding steroid dienone is 1. The molecular weight excluding hydrogens is 632 g/mol. The lowest BCUT2D eigenvalue weighted by molar-refractivity contribution is -0.143. The summed E-state index contributed by atoms with van der Waals surface area (Å²) < 4.78 is 25.3. The molecule has 0 unspecified atom stereocenters. The molecule has 212 valence electrons. The van der Waals surface area contributed by atoms with E-state index in [1.165, 1.54) is 34.8 Å². The molecular formula is C28H25BrN4O6S2. The number of carbonyl (C=O) groups is 1. The van der Waals surface area contributed by atoms with Gasteiger partial charge in [-0.15, -0.1) is 0 Å². The van der Waals surface area contributed by atoms with Gasteiger partial charge >= 0.3 is 5.97 Å². The summed E-state index contributed by atoms with van der Waals surface area (Å²) in [5.74, 6) is 0.910. The number of aromatic nitrogens is 3. The molecule has 0 radical (unpaired) electrons. The second kappa shape index (κ2) is 12.0. The topological polar surface area (TPSA) is 118 Å². The molecule has 0 aliphatic carbocycles. The highest BCUT2D eigenvalue weighted by Gasteiger charge is 2.36. The average molecular weight is 658 g/mol. The van der Waals surface area contributed by atoms with E-state index in [2.05, 4.69) is 30.9 Å². The molecule has 3 aromatic heterocycles. The molecule has 0 spiro atoms. The lowest BCUT2D eigenvalue weighted by Crippen LogP contribution is -2.40. The summed E-state index contributed by atoms with van der Waals surface area (Å²) in [4.78, 5) is 40.9. The van der Waals surface area contributed by atoms with Crippen LogP contribution in [0.15, 0.2) is 82.9 Å². The van der Waals surface area contributed by atoms with Gasteiger partial charge < -0.3 is 18.6 Å². The summed E-state index contributed by atoms with van der Waals surface area (Å²) in [6, 6.07) is 7.87. The monoisotopic (exact) mass is 656 g/mol. The highest BCUT2D eigenvalue weighted by atomic mass is 79.9. The molecule has 4 heterocycles. The van der Waals surface area contributed by atoms with Crippen LogP contribution < -0.4 is 24.4 Å². The van der Waals surface area contributed by atoms with Gasteiger partial charge in [0.2, 0.25) is 0 Å². The van der Waals surface area contributed by atoms with Crippen LogP contribution in [0.4, 0.5) is 0 Å². The van der Waals surface area contributed by atoms with Crippen molar-refractivity contribution in [1.29, 1.82) is 0 Å². The smallest absolute Gasteiger partial charge is 0.338 e. The van der Waals surface area contributed by atoms with Gasteiger partial charge in [0.15, 0.2) is 15.1 Å². The van der Waals surface area contributed by atoms with Gasteiger partial charge in [0.25, 0.3) is 5.56 Å². The third kappa shape index (κ3) is 5.88. The van der Waals surface area contributed by atoms with Crippen molar-refractivity contribution in [3.63, 3.8) is 0 Å². The summed E-state index contributed by atoms with van der Waals surface area (Å²) >= 11 is 5.96. The number of hydrogen-bond acceptors (Lipinski definition) is 11. The van der Waals surface area contributed by atoms with Gasteiger partial charge in [-0.25, -0.2) is 19.8 Å². The largest absolute Gasteiger partial charge is 0.497 e. The second-order valence-electron chi connectivity index (χ2n) is 9.06. The Kier molecular flexibility index (Phi) is 8.47. The number of furan rings is 1. The number of ether oxygens (including phenoxy) is 3. The molecule has 0 bridgehead atoms. The van der Waals surface area contributed by atoms with E-state index in [-0.39, 0.29) is 17.2 Å². The van der Waals surface area contributed by atoms with Gasteiger partial charge in [-0.2, -0.15) is 0 Å². The molecule has 0 amide bonds. The van der Waals surface area contributed by atoms with Crippen LogP contribution in [0.5, 0.6) is 11.5 Å². The van der Waals surface area contributed by atoms with Crippen molar-refractivity contribution < 1.29 is 23.4 Å². The van der Waals surface area contributed by atoms with Crippen LogP contribution in [0, 0.1) is 0 Å². The zero-order chi connectivity index (χ0) is 29.3. The maximum atomic E-state index is 14.0.